The third-order valence-corrected chi connectivity index (χ3v) is 2.95. The summed E-state index contributed by atoms with van der Waals surface area (Å²) < 4.78 is 5.55. The molecule has 19 heavy (non-hydrogen) atoms. The summed E-state index contributed by atoms with van der Waals surface area (Å²) in [5.41, 5.74) is 2.15. The van der Waals surface area contributed by atoms with Gasteiger partial charge in [-0.1, -0.05) is 23.7 Å². The fourth-order valence-corrected chi connectivity index (χ4v) is 1.74. The molecule has 0 atom stereocenters. The zero-order chi connectivity index (χ0) is 13.7. The van der Waals surface area contributed by atoms with Gasteiger partial charge in [-0.25, -0.2) is 4.98 Å². The molecular weight excluding hydrogens is 260 g/mol. The van der Waals surface area contributed by atoms with Crippen LogP contribution in [-0.4, -0.2) is 37.1 Å². The number of benzene rings is 1. The van der Waals surface area contributed by atoms with Crippen LogP contribution in [0.1, 0.15) is 0 Å². The molecule has 3 nitrogen and oxygen atoms in total. The number of halogens is 1. The largest absolute Gasteiger partial charge is 0.476 e. The van der Waals surface area contributed by atoms with Crippen molar-refractivity contribution in [2.75, 3.05) is 27.2 Å². The highest BCUT2D eigenvalue weighted by Crippen LogP contribution is 2.22. The third-order valence-electron chi connectivity index (χ3n) is 2.70. The quantitative estimate of drug-likeness (QED) is 0.837. The van der Waals surface area contributed by atoms with Crippen LogP contribution >= 0.6 is 11.6 Å². The van der Waals surface area contributed by atoms with E-state index in [0.29, 0.717) is 12.5 Å². The van der Waals surface area contributed by atoms with Crippen molar-refractivity contribution in [1.82, 2.24) is 9.88 Å². The zero-order valence-electron chi connectivity index (χ0n) is 11.1. The van der Waals surface area contributed by atoms with E-state index in [9.17, 15) is 0 Å². The topological polar surface area (TPSA) is 25.4 Å². The molecule has 0 aliphatic carbocycles. The maximum Gasteiger partial charge on any atom is 0.213 e. The van der Waals surface area contributed by atoms with E-state index in [-0.39, 0.29) is 0 Å². The first kappa shape index (κ1) is 13.8. The van der Waals surface area contributed by atoms with Crippen LogP contribution in [0, 0.1) is 0 Å². The Hall–Kier alpha value is -1.58. The molecule has 0 aliphatic heterocycles. The molecule has 0 aliphatic rings. The molecule has 1 heterocycles. The normalized spacial score (nSPS) is 10.7. The fourth-order valence-electron chi connectivity index (χ4n) is 1.61. The second-order valence-corrected chi connectivity index (χ2v) is 4.98. The van der Waals surface area contributed by atoms with Crippen molar-refractivity contribution in [2.24, 2.45) is 0 Å². The Kier molecular flexibility index (Phi) is 4.77. The Morgan fingerprint density at radius 3 is 2.32 bits per heavy atom. The zero-order valence-corrected chi connectivity index (χ0v) is 11.9. The lowest BCUT2D eigenvalue weighted by molar-refractivity contribution is 0.254. The van der Waals surface area contributed by atoms with Crippen LogP contribution < -0.4 is 4.74 Å². The molecule has 0 spiro atoms. The SMILES string of the molecule is CN(C)CCOc1ccc(-c2ccc(Cl)cc2)cn1. The molecule has 0 radical (unpaired) electrons. The lowest BCUT2D eigenvalue weighted by Gasteiger charge is -2.10. The van der Waals surface area contributed by atoms with E-state index in [2.05, 4.69) is 9.88 Å². The smallest absolute Gasteiger partial charge is 0.213 e. The molecule has 2 rings (SSSR count). The maximum atomic E-state index is 5.87. The van der Waals surface area contributed by atoms with Crippen molar-refractivity contribution in [3.05, 3.63) is 47.6 Å². The summed E-state index contributed by atoms with van der Waals surface area (Å²) in [5.74, 6) is 0.652. The van der Waals surface area contributed by atoms with Crippen LogP contribution in [0.2, 0.25) is 5.02 Å². The van der Waals surface area contributed by atoms with Gasteiger partial charge in [-0.3, -0.25) is 0 Å². The van der Waals surface area contributed by atoms with E-state index in [1.807, 2.05) is 56.7 Å². The lowest BCUT2D eigenvalue weighted by atomic mass is 10.1. The molecule has 0 unspecified atom stereocenters. The summed E-state index contributed by atoms with van der Waals surface area (Å²) in [7, 11) is 4.03. The maximum absolute atomic E-state index is 5.87. The Bertz CT molecular complexity index is 509. The number of likely N-dealkylation sites (N-methyl/N-ethyl adjacent to an activating group) is 1. The summed E-state index contributed by atoms with van der Waals surface area (Å²) >= 11 is 5.87. The second kappa shape index (κ2) is 6.55. The van der Waals surface area contributed by atoms with Crippen molar-refractivity contribution in [3.8, 4) is 17.0 Å². The highest BCUT2D eigenvalue weighted by atomic mass is 35.5. The van der Waals surface area contributed by atoms with Crippen molar-refractivity contribution >= 4 is 11.6 Å². The first-order chi connectivity index (χ1) is 9.15. The molecule has 4 heteroatoms. The monoisotopic (exact) mass is 276 g/mol. The third kappa shape index (κ3) is 4.23. The highest BCUT2D eigenvalue weighted by Gasteiger charge is 2.00. The Labute approximate surface area is 118 Å². The van der Waals surface area contributed by atoms with E-state index in [4.69, 9.17) is 16.3 Å². The Morgan fingerprint density at radius 2 is 1.74 bits per heavy atom. The van der Waals surface area contributed by atoms with Gasteiger partial charge in [0, 0.05) is 29.4 Å². The number of rotatable bonds is 5. The molecule has 100 valence electrons. The molecule has 1 aromatic heterocycles. The van der Waals surface area contributed by atoms with Gasteiger partial charge in [-0.2, -0.15) is 0 Å². The average Bonchev–Trinajstić information content (AvgIpc) is 2.40. The molecule has 0 saturated carbocycles. The van der Waals surface area contributed by atoms with Crippen molar-refractivity contribution in [3.63, 3.8) is 0 Å². The highest BCUT2D eigenvalue weighted by molar-refractivity contribution is 6.30. The van der Waals surface area contributed by atoms with Gasteiger partial charge in [0.2, 0.25) is 5.88 Å². The number of pyridine rings is 1. The molecule has 2 aromatic rings. The number of nitrogens with zero attached hydrogens (tertiary/aromatic N) is 2. The lowest BCUT2D eigenvalue weighted by Crippen LogP contribution is -2.19. The number of ether oxygens (including phenoxy) is 1. The first-order valence-electron chi connectivity index (χ1n) is 6.14. The van der Waals surface area contributed by atoms with Gasteiger partial charge in [0.15, 0.2) is 0 Å². The summed E-state index contributed by atoms with van der Waals surface area (Å²) in [6.07, 6.45) is 1.81. The number of hydrogen-bond acceptors (Lipinski definition) is 3. The standard InChI is InChI=1S/C15H17ClN2O/c1-18(2)9-10-19-15-8-5-13(11-17-15)12-3-6-14(16)7-4-12/h3-8,11H,9-10H2,1-2H3. The van der Waals surface area contributed by atoms with E-state index in [1.165, 1.54) is 0 Å². The van der Waals surface area contributed by atoms with Gasteiger partial charge in [0.1, 0.15) is 6.61 Å². The summed E-state index contributed by atoms with van der Waals surface area (Å²) in [6, 6.07) is 11.6. The average molecular weight is 277 g/mol. The van der Waals surface area contributed by atoms with Gasteiger partial charge in [-0.05, 0) is 37.9 Å². The Morgan fingerprint density at radius 1 is 1.05 bits per heavy atom. The second-order valence-electron chi connectivity index (χ2n) is 4.54. The van der Waals surface area contributed by atoms with Gasteiger partial charge >= 0.3 is 0 Å². The number of aromatic nitrogens is 1. The van der Waals surface area contributed by atoms with E-state index in [0.717, 1.165) is 22.7 Å². The number of hydrogen-bond donors (Lipinski definition) is 0. The van der Waals surface area contributed by atoms with Crippen molar-refractivity contribution < 1.29 is 4.74 Å². The Balaban J connectivity index is 2.00. The molecule has 1 aromatic carbocycles. The summed E-state index contributed by atoms with van der Waals surface area (Å²) in [6.45, 7) is 1.51. The van der Waals surface area contributed by atoms with Gasteiger partial charge in [0.25, 0.3) is 0 Å². The minimum absolute atomic E-state index is 0.639. The first-order valence-corrected chi connectivity index (χ1v) is 6.52. The van der Waals surface area contributed by atoms with Crippen LogP contribution in [-0.2, 0) is 0 Å². The van der Waals surface area contributed by atoms with Crippen LogP contribution in [0.5, 0.6) is 5.88 Å². The van der Waals surface area contributed by atoms with Crippen LogP contribution in [0.15, 0.2) is 42.6 Å². The van der Waals surface area contributed by atoms with E-state index in [1.54, 1.807) is 0 Å². The predicted molar refractivity (Wildman–Crippen MR) is 78.7 cm³/mol. The molecule has 0 saturated heterocycles. The molecule has 0 amide bonds. The van der Waals surface area contributed by atoms with Crippen LogP contribution in [0.25, 0.3) is 11.1 Å². The van der Waals surface area contributed by atoms with E-state index >= 15 is 0 Å². The van der Waals surface area contributed by atoms with Crippen molar-refractivity contribution in [1.29, 1.82) is 0 Å². The summed E-state index contributed by atoms with van der Waals surface area (Å²) in [4.78, 5) is 6.37. The summed E-state index contributed by atoms with van der Waals surface area (Å²) in [5, 5.41) is 0.736. The minimum atomic E-state index is 0.639. The van der Waals surface area contributed by atoms with Crippen molar-refractivity contribution in [2.45, 2.75) is 0 Å². The van der Waals surface area contributed by atoms with Crippen LogP contribution in [0.3, 0.4) is 0 Å². The van der Waals surface area contributed by atoms with Gasteiger partial charge in [0.05, 0.1) is 0 Å². The van der Waals surface area contributed by atoms with E-state index < -0.39 is 0 Å². The molecule has 0 N–H and O–H groups in total. The fraction of sp³-hybridized carbons (Fsp3) is 0.267. The molecular formula is C15H17ClN2O. The predicted octanol–water partition coefficient (Wildman–Crippen LogP) is 3.34. The minimum Gasteiger partial charge on any atom is -0.476 e. The molecule has 0 bridgehead atoms. The molecule has 0 fully saturated rings. The van der Waals surface area contributed by atoms with Crippen LogP contribution in [0.4, 0.5) is 0 Å². The van der Waals surface area contributed by atoms with Gasteiger partial charge in [-0.15, -0.1) is 0 Å². The van der Waals surface area contributed by atoms with Gasteiger partial charge < -0.3 is 9.64 Å².